The van der Waals surface area contributed by atoms with Crippen LogP contribution in [0, 0.1) is 0 Å². The summed E-state index contributed by atoms with van der Waals surface area (Å²) >= 11 is 0. The minimum atomic E-state index is -2.68. The number of aromatic nitrogens is 2. The number of halogens is 2. The molecule has 1 aromatic carbocycles. The van der Waals surface area contributed by atoms with Crippen molar-refractivity contribution in [3.8, 4) is 11.5 Å². The summed E-state index contributed by atoms with van der Waals surface area (Å²) in [7, 11) is 2.74. The summed E-state index contributed by atoms with van der Waals surface area (Å²) in [4.78, 5) is 14.9. The Labute approximate surface area is 137 Å². The Morgan fingerprint density at radius 2 is 2.12 bits per heavy atom. The van der Waals surface area contributed by atoms with E-state index in [2.05, 4.69) is 9.72 Å². The van der Waals surface area contributed by atoms with Gasteiger partial charge in [0.05, 0.1) is 14.2 Å². The third-order valence-electron chi connectivity index (χ3n) is 3.12. The van der Waals surface area contributed by atoms with Crippen LogP contribution in [-0.2, 0) is 16.1 Å². The van der Waals surface area contributed by atoms with Crippen molar-refractivity contribution in [1.29, 1.82) is 0 Å². The van der Waals surface area contributed by atoms with E-state index in [1.807, 2.05) is 0 Å². The number of imidazole rings is 1. The highest BCUT2D eigenvalue weighted by molar-refractivity contribution is 5.87. The number of carbonyl (C=O) groups excluding carboxylic acids is 1. The second-order valence-corrected chi connectivity index (χ2v) is 4.58. The third kappa shape index (κ3) is 4.31. The lowest BCUT2D eigenvalue weighted by molar-refractivity contribution is -0.134. The first kappa shape index (κ1) is 17.5. The zero-order valence-electron chi connectivity index (χ0n) is 13.1. The SMILES string of the molecule is COC(=O)C=Cc1ccc(OCc2nccn2C(F)F)c(OC)c1. The van der Waals surface area contributed by atoms with E-state index in [1.54, 1.807) is 24.3 Å². The molecule has 1 aromatic heterocycles. The van der Waals surface area contributed by atoms with Crippen LogP contribution >= 0.6 is 0 Å². The number of alkyl halides is 2. The summed E-state index contributed by atoms with van der Waals surface area (Å²) in [6.45, 7) is -2.82. The molecular weight excluding hydrogens is 322 g/mol. The number of rotatable bonds is 7. The van der Waals surface area contributed by atoms with E-state index in [0.717, 1.165) is 4.57 Å². The molecule has 128 valence electrons. The average Bonchev–Trinajstić information content (AvgIpc) is 3.06. The van der Waals surface area contributed by atoms with E-state index >= 15 is 0 Å². The van der Waals surface area contributed by atoms with Crippen molar-refractivity contribution in [3.05, 3.63) is 48.1 Å². The molecular formula is C16H16F2N2O4. The Bertz CT molecular complexity index is 729. The number of nitrogens with zero attached hydrogens (tertiary/aromatic N) is 2. The van der Waals surface area contributed by atoms with Crippen LogP contribution in [0.4, 0.5) is 8.78 Å². The maximum Gasteiger partial charge on any atom is 0.330 e. The monoisotopic (exact) mass is 338 g/mol. The molecule has 0 bridgehead atoms. The molecule has 0 spiro atoms. The number of methoxy groups -OCH3 is 2. The number of benzene rings is 1. The van der Waals surface area contributed by atoms with Gasteiger partial charge in [0.2, 0.25) is 0 Å². The molecule has 0 atom stereocenters. The van der Waals surface area contributed by atoms with Crippen molar-refractivity contribution in [2.24, 2.45) is 0 Å². The van der Waals surface area contributed by atoms with Crippen molar-refractivity contribution in [2.75, 3.05) is 14.2 Å². The van der Waals surface area contributed by atoms with Gasteiger partial charge in [0.15, 0.2) is 17.3 Å². The van der Waals surface area contributed by atoms with Crippen LogP contribution in [0.2, 0.25) is 0 Å². The Balaban J connectivity index is 2.11. The van der Waals surface area contributed by atoms with E-state index in [4.69, 9.17) is 9.47 Å². The van der Waals surface area contributed by atoms with Gasteiger partial charge in [-0.25, -0.2) is 9.78 Å². The van der Waals surface area contributed by atoms with Crippen LogP contribution in [0.5, 0.6) is 11.5 Å². The molecule has 0 amide bonds. The number of esters is 1. The summed E-state index contributed by atoms with van der Waals surface area (Å²) in [6, 6.07) is 4.96. The number of ether oxygens (including phenoxy) is 3. The Hall–Kier alpha value is -2.90. The molecule has 0 aliphatic heterocycles. The minimum absolute atomic E-state index is 0.0988. The highest BCUT2D eigenvalue weighted by Crippen LogP contribution is 2.29. The van der Waals surface area contributed by atoms with Gasteiger partial charge in [-0.2, -0.15) is 8.78 Å². The zero-order chi connectivity index (χ0) is 17.5. The van der Waals surface area contributed by atoms with Crippen molar-refractivity contribution in [1.82, 2.24) is 9.55 Å². The van der Waals surface area contributed by atoms with Crippen LogP contribution in [0.15, 0.2) is 36.7 Å². The van der Waals surface area contributed by atoms with Gasteiger partial charge >= 0.3 is 12.5 Å². The predicted molar refractivity (Wildman–Crippen MR) is 81.9 cm³/mol. The van der Waals surface area contributed by atoms with E-state index in [-0.39, 0.29) is 12.4 Å². The summed E-state index contributed by atoms with van der Waals surface area (Å²) in [5, 5.41) is 0. The van der Waals surface area contributed by atoms with Gasteiger partial charge in [-0.1, -0.05) is 6.07 Å². The summed E-state index contributed by atoms with van der Waals surface area (Å²) in [5.74, 6) is 0.392. The van der Waals surface area contributed by atoms with Gasteiger partial charge in [0.1, 0.15) is 6.61 Å². The van der Waals surface area contributed by atoms with Gasteiger partial charge in [-0.15, -0.1) is 0 Å². The lowest BCUT2D eigenvalue weighted by atomic mass is 10.2. The molecule has 6 nitrogen and oxygen atoms in total. The van der Waals surface area contributed by atoms with Gasteiger partial charge in [-0.3, -0.25) is 4.57 Å². The quantitative estimate of drug-likeness (QED) is 0.573. The fourth-order valence-corrected chi connectivity index (χ4v) is 1.92. The zero-order valence-corrected chi connectivity index (χ0v) is 13.1. The first-order chi connectivity index (χ1) is 11.5. The Morgan fingerprint density at radius 3 is 2.79 bits per heavy atom. The number of hydrogen-bond acceptors (Lipinski definition) is 5. The normalized spacial score (nSPS) is 11.0. The minimum Gasteiger partial charge on any atom is -0.493 e. The fraction of sp³-hybridized carbons (Fsp3) is 0.250. The van der Waals surface area contributed by atoms with Crippen LogP contribution in [-0.4, -0.2) is 29.7 Å². The smallest absolute Gasteiger partial charge is 0.330 e. The molecule has 0 unspecified atom stereocenters. The van der Waals surface area contributed by atoms with Crippen molar-refractivity contribution in [2.45, 2.75) is 13.2 Å². The molecule has 0 aliphatic carbocycles. The van der Waals surface area contributed by atoms with E-state index in [0.29, 0.717) is 17.1 Å². The largest absolute Gasteiger partial charge is 0.493 e. The molecule has 24 heavy (non-hydrogen) atoms. The molecule has 2 aromatic rings. The highest BCUT2D eigenvalue weighted by Gasteiger charge is 2.13. The van der Waals surface area contributed by atoms with Crippen molar-refractivity contribution in [3.63, 3.8) is 0 Å². The topological polar surface area (TPSA) is 62.6 Å². The second-order valence-electron chi connectivity index (χ2n) is 4.58. The fourth-order valence-electron chi connectivity index (χ4n) is 1.92. The van der Waals surface area contributed by atoms with Gasteiger partial charge < -0.3 is 14.2 Å². The molecule has 0 saturated heterocycles. The average molecular weight is 338 g/mol. The maximum absolute atomic E-state index is 12.8. The highest BCUT2D eigenvalue weighted by atomic mass is 19.3. The van der Waals surface area contributed by atoms with E-state index in [9.17, 15) is 13.6 Å². The van der Waals surface area contributed by atoms with Crippen LogP contribution in [0.1, 0.15) is 17.9 Å². The standard InChI is InChI=1S/C16H16F2N2O4/c1-22-13-9-11(4-6-15(21)23-2)3-5-12(13)24-10-14-19-7-8-20(14)16(17)18/h3-9,16H,10H2,1-2H3. The predicted octanol–water partition coefficient (Wildman–Crippen LogP) is 3.05. The van der Waals surface area contributed by atoms with Crippen molar-refractivity contribution >= 4 is 12.0 Å². The molecule has 0 aliphatic rings. The van der Waals surface area contributed by atoms with Gasteiger partial charge in [0, 0.05) is 18.5 Å². The Kier molecular flexibility index (Phi) is 5.89. The van der Waals surface area contributed by atoms with E-state index < -0.39 is 12.5 Å². The van der Waals surface area contributed by atoms with Gasteiger partial charge in [0.25, 0.3) is 0 Å². The number of hydrogen-bond donors (Lipinski definition) is 0. The second kappa shape index (κ2) is 8.09. The van der Waals surface area contributed by atoms with Crippen LogP contribution in [0.25, 0.3) is 6.08 Å². The molecule has 0 radical (unpaired) electrons. The first-order valence-corrected chi connectivity index (χ1v) is 6.92. The molecule has 2 rings (SSSR count). The van der Waals surface area contributed by atoms with Crippen LogP contribution in [0.3, 0.4) is 0 Å². The van der Waals surface area contributed by atoms with Gasteiger partial charge in [-0.05, 0) is 23.8 Å². The maximum atomic E-state index is 12.8. The molecule has 0 N–H and O–H groups in total. The summed E-state index contributed by atoms with van der Waals surface area (Å²) in [6.07, 6.45) is 5.29. The van der Waals surface area contributed by atoms with Crippen LogP contribution < -0.4 is 9.47 Å². The number of carbonyl (C=O) groups is 1. The molecule has 0 fully saturated rings. The van der Waals surface area contributed by atoms with Crippen molar-refractivity contribution < 1.29 is 27.8 Å². The Morgan fingerprint density at radius 1 is 1.33 bits per heavy atom. The molecule has 8 heteroatoms. The van der Waals surface area contributed by atoms with E-state index in [1.165, 1.54) is 32.7 Å². The summed E-state index contributed by atoms with van der Waals surface area (Å²) < 4.78 is 41.5. The molecule has 0 saturated carbocycles. The third-order valence-corrected chi connectivity index (χ3v) is 3.12. The lowest BCUT2D eigenvalue weighted by Crippen LogP contribution is -2.07. The summed E-state index contributed by atoms with van der Waals surface area (Å²) in [5.41, 5.74) is 0.693. The lowest BCUT2D eigenvalue weighted by Gasteiger charge is -2.12. The molecule has 1 heterocycles. The first-order valence-electron chi connectivity index (χ1n) is 6.92.